The number of aryl methyl sites for hydroxylation is 1. The van der Waals surface area contributed by atoms with Crippen LogP contribution in [0.1, 0.15) is 32.8 Å². The van der Waals surface area contributed by atoms with E-state index >= 15 is 0 Å². The van der Waals surface area contributed by atoms with Crippen molar-refractivity contribution in [1.82, 2.24) is 0 Å². The van der Waals surface area contributed by atoms with E-state index in [1.807, 2.05) is 13.0 Å². The van der Waals surface area contributed by atoms with Crippen LogP contribution < -0.4 is 11.1 Å². The zero-order chi connectivity index (χ0) is 17.0. The van der Waals surface area contributed by atoms with Crippen molar-refractivity contribution in [3.05, 3.63) is 45.8 Å². The quantitative estimate of drug-likeness (QED) is 0.837. The molecule has 6 nitrogen and oxygen atoms in total. The molecule has 0 spiro atoms. The van der Waals surface area contributed by atoms with Gasteiger partial charge in [-0.3, -0.25) is 9.59 Å². The molecule has 23 heavy (non-hydrogen) atoms. The average molecular weight is 324 g/mol. The zero-order valence-corrected chi connectivity index (χ0v) is 13.0. The topological polar surface area (TPSA) is 120 Å². The molecule has 1 aromatic carbocycles. The van der Waals surface area contributed by atoms with Crippen molar-refractivity contribution >= 4 is 33.7 Å². The van der Waals surface area contributed by atoms with E-state index in [4.69, 9.17) is 11.0 Å². The van der Waals surface area contributed by atoms with Crippen LogP contribution in [0.3, 0.4) is 0 Å². The number of carbonyl (C=O) groups is 2. The first-order chi connectivity index (χ1) is 11.0. The largest absolute Gasteiger partial charge is 0.396 e. The van der Waals surface area contributed by atoms with Gasteiger partial charge in [0.2, 0.25) is 11.7 Å². The van der Waals surface area contributed by atoms with E-state index in [1.165, 1.54) is 0 Å². The highest BCUT2D eigenvalue weighted by atomic mass is 32.1. The van der Waals surface area contributed by atoms with Crippen molar-refractivity contribution in [2.24, 2.45) is 0 Å². The molecule has 0 radical (unpaired) electrons. The van der Waals surface area contributed by atoms with Crippen molar-refractivity contribution in [2.45, 2.75) is 13.3 Å². The first kappa shape index (κ1) is 16.2. The highest BCUT2D eigenvalue weighted by Gasteiger charge is 2.23. The normalized spacial score (nSPS) is 9.70. The van der Waals surface area contributed by atoms with Crippen LogP contribution >= 0.6 is 11.3 Å². The minimum absolute atomic E-state index is 0.0373. The van der Waals surface area contributed by atoms with Gasteiger partial charge in [0.15, 0.2) is 0 Å². The molecule has 0 aliphatic carbocycles. The predicted octanol–water partition coefficient (Wildman–Crippen LogP) is 2.59. The molecular formula is C16H12N4O2S. The van der Waals surface area contributed by atoms with E-state index in [1.54, 1.807) is 30.3 Å². The van der Waals surface area contributed by atoms with Crippen molar-refractivity contribution < 1.29 is 9.59 Å². The van der Waals surface area contributed by atoms with Crippen LogP contribution in [0, 0.1) is 29.6 Å². The summed E-state index contributed by atoms with van der Waals surface area (Å²) in [6, 6.07) is 10.6. The lowest BCUT2D eigenvalue weighted by Crippen LogP contribution is -2.09. The maximum absolute atomic E-state index is 12.5. The van der Waals surface area contributed by atoms with Crippen molar-refractivity contribution in [3.8, 4) is 12.1 Å². The summed E-state index contributed by atoms with van der Waals surface area (Å²) in [5.41, 5.74) is 7.42. The van der Waals surface area contributed by atoms with Gasteiger partial charge in [-0.2, -0.15) is 10.5 Å². The fraction of sp³-hybridized carbons (Fsp3) is 0.125. The molecule has 7 heteroatoms. The summed E-state index contributed by atoms with van der Waals surface area (Å²) in [6.45, 7) is 1.91. The molecule has 0 saturated heterocycles. The molecular weight excluding hydrogens is 312 g/mol. The Morgan fingerprint density at radius 3 is 2.48 bits per heavy atom. The van der Waals surface area contributed by atoms with Crippen LogP contribution in [0.2, 0.25) is 0 Å². The average Bonchev–Trinajstić information content (AvgIpc) is 2.83. The number of anilines is 2. The number of nitrogens with zero attached hydrogens (tertiary/aromatic N) is 2. The summed E-state index contributed by atoms with van der Waals surface area (Å²) in [4.78, 5) is 24.2. The van der Waals surface area contributed by atoms with Gasteiger partial charge in [-0.1, -0.05) is 29.8 Å². The molecule has 114 valence electrons. The summed E-state index contributed by atoms with van der Waals surface area (Å²) in [5, 5.41) is 20.3. The van der Waals surface area contributed by atoms with E-state index in [0.29, 0.717) is 5.56 Å². The molecule has 1 heterocycles. The van der Waals surface area contributed by atoms with Crippen LogP contribution in [-0.2, 0) is 4.79 Å². The lowest BCUT2D eigenvalue weighted by Gasteiger charge is -2.00. The fourth-order valence-corrected chi connectivity index (χ4v) is 2.94. The Morgan fingerprint density at radius 1 is 1.26 bits per heavy atom. The van der Waals surface area contributed by atoms with Crippen LogP contribution in [0.4, 0.5) is 10.7 Å². The number of thiophene rings is 1. The fourth-order valence-electron chi connectivity index (χ4n) is 1.89. The number of nitriles is 2. The van der Waals surface area contributed by atoms with E-state index in [2.05, 4.69) is 5.32 Å². The van der Waals surface area contributed by atoms with Gasteiger partial charge < -0.3 is 11.1 Å². The molecule has 0 aliphatic rings. The number of ketones is 1. The van der Waals surface area contributed by atoms with Crippen LogP contribution in [0.5, 0.6) is 0 Å². The third-order valence-corrected chi connectivity index (χ3v) is 4.19. The molecule has 3 N–H and O–H groups in total. The zero-order valence-electron chi connectivity index (χ0n) is 12.2. The molecule has 0 unspecified atom stereocenters. The van der Waals surface area contributed by atoms with Gasteiger partial charge >= 0.3 is 0 Å². The van der Waals surface area contributed by atoms with Crippen molar-refractivity contribution in [3.63, 3.8) is 0 Å². The predicted molar refractivity (Wildman–Crippen MR) is 86.9 cm³/mol. The third kappa shape index (κ3) is 3.37. The lowest BCUT2D eigenvalue weighted by molar-refractivity contribution is -0.115. The lowest BCUT2D eigenvalue weighted by atomic mass is 10.1. The van der Waals surface area contributed by atoms with E-state index in [9.17, 15) is 14.9 Å². The number of hydrogen-bond donors (Lipinski definition) is 2. The Hall–Kier alpha value is -3.16. The molecule has 1 aromatic heterocycles. The van der Waals surface area contributed by atoms with Gasteiger partial charge in [0.1, 0.15) is 27.9 Å². The number of benzene rings is 1. The summed E-state index contributed by atoms with van der Waals surface area (Å²) in [7, 11) is 0. The molecule has 0 aliphatic heterocycles. The Kier molecular flexibility index (Phi) is 4.75. The summed E-state index contributed by atoms with van der Waals surface area (Å²) < 4.78 is 0. The second-order valence-electron chi connectivity index (χ2n) is 4.74. The second-order valence-corrected chi connectivity index (χ2v) is 5.76. The molecule has 2 rings (SSSR count). The molecule has 0 bridgehead atoms. The number of nitrogens with two attached hydrogens (primary N) is 1. The number of hydrogen-bond acceptors (Lipinski definition) is 6. The van der Waals surface area contributed by atoms with Gasteiger partial charge in [-0.25, -0.2) is 0 Å². The Bertz CT molecular complexity index is 854. The summed E-state index contributed by atoms with van der Waals surface area (Å²) in [6.07, 6.45) is -0.343. The van der Waals surface area contributed by atoms with E-state index in [-0.39, 0.29) is 33.3 Å². The monoisotopic (exact) mass is 324 g/mol. The molecule has 2 aromatic rings. The summed E-state index contributed by atoms with van der Waals surface area (Å²) >= 11 is 0.934. The minimum atomic E-state index is -0.556. The van der Waals surface area contributed by atoms with Gasteiger partial charge in [-0.15, -0.1) is 11.3 Å². The molecule has 0 atom stereocenters. The highest BCUT2D eigenvalue weighted by molar-refractivity contribution is 7.19. The molecule has 1 amide bonds. The number of rotatable bonds is 4. The highest BCUT2D eigenvalue weighted by Crippen LogP contribution is 2.36. The first-order valence-electron chi connectivity index (χ1n) is 6.58. The smallest absolute Gasteiger partial charge is 0.239 e. The maximum Gasteiger partial charge on any atom is 0.239 e. The van der Waals surface area contributed by atoms with E-state index in [0.717, 1.165) is 16.9 Å². The SMILES string of the molecule is Cc1ccc(C(=O)c2sc(NC(=O)CC#N)c(C#N)c2N)cc1. The van der Waals surface area contributed by atoms with Gasteiger partial charge in [0.25, 0.3) is 0 Å². The Balaban J connectivity index is 2.40. The standard InChI is InChI=1S/C16H12N4O2S/c1-9-2-4-10(5-3-9)14(22)15-13(19)11(8-18)16(23-15)20-12(21)6-7-17/h2-5H,6,19H2,1H3,(H,20,21). The maximum atomic E-state index is 12.5. The van der Waals surface area contributed by atoms with E-state index < -0.39 is 5.91 Å². The molecule has 0 fully saturated rings. The minimum Gasteiger partial charge on any atom is -0.396 e. The number of carbonyl (C=O) groups excluding carboxylic acids is 2. The van der Waals surface area contributed by atoms with Gasteiger partial charge in [0.05, 0.1) is 11.8 Å². The third-order valence-electron chi connectivity index (χ3n) is 3.07. The second kappa shape index (κ2) is 6.73. The number of nitrogens with one attached hydrogen (secondary N) is 1. The van der Waals surface area contributed by atoms with Crippen LogP contribution in [-0.4, -0.2) is 11.7 Å². The number of amides is 1. The Labute approximate surface area is 136 Å². The number of nitrogen functional groups attached to an aromatic ring is 1. The van der Waals surface area contributed by atoms with Crippen LogP contribution in [0.25, 0.3) is 0 Å². The Morgan fingerprint density at radius 2 is 1.91 bits per heavy atom. The molecule has 0 saturated carbocycles. The van der Waals surface area contributed by atoms with Crippen LogP contribution in [0.15, 0.2) is 24.3 Å². The van der Waals surface area contributed by atoms with Crippen molar-refractivity contribution in [2.75, 3.05) is 11.1 Å². The van der Waals surface area contributed by atoms with Crippen molar-refractivity contribution in [1.29, 1.82) is 10.5 Å². The summed E-state index contributed by atoms with van der Waals surface area (Å²) in [5.74, 6) is -0.871. The first-order valence-corrected chi connectivity index (χ1v) is 7.40. The van der Waals surface area contributed by atoms with Gasteiger partial charge in [0, 0.05) is 5.56 Å². The van der Waals surface area contributed by atoms with Gasteiger partial charge in [-0.05, 0) is 6.92 Å².